The van der Waals surface area contributed by atoms with Crippen LogP contribution in [0.25, 0.3) is 0 Å². The summed E-state index contributed by atoms with van der Waals surface area (Å²) in [5.74, 6) is 0.144. The van der Waals surface area contributed by atoms with E-state index >= 15 is 0 Å². The van der Waals surface area contributed by atoms with Crippen molar-refractivity contribution < 1.29 is 9.50 Å². The second-order valence-corrected chi connectivity index (χ2v) is 6.43. The minimum Gasteiger partial charge on any atom is -0.387 e. The Hall–Kier alpha value is -1.39. The molecule has 1 aromatic carbocycles. The van der Waals surface area contributed by atoms with Gasteiger partial charge in [-0.05, 0) is 62.1 Å². The summed E-state index contributed by atoms with van der Waals surface area (Å²) in [6, 6.07) is 5.05. The fourth-order valence-electron chi connectivity index (χ4n) is 3.12. The first-order valence-corrected chi connectivity index (χ1v) is 8.47. The van der Waals surface area contributed by atoms with Crippen LogP contribution in [0.4, 0.5) is 4.39 Å². The van der Waals surface area contributed by atoms with Gasteiger partial charge in [0.05, 0.1) is 17.5 Å². The van der Waals surface area contributed by atoms with Crippen LogP contribution >= 0.6 is 11.6 Å². The summed E-state index contributed by atoms with van der Waals surface area (Å²) in [6.45, 7) is 6.52. The molecular formula is C18H24ClFN2O. The van der Waals surface area contributed by atoms with Gasteiger partial charge in [0.15, 0.2) is 0 Å². The van der Waals surface area contributed by atoms with Crippen LogP contribution in [-0.2, 0) is 0 Å². The fourth-order valence-corrected chi connectivity index (χ4v) is 3.24. The van der Waals surface area contributed by atoms with Gasteiger partial charge in [-0.3, -0.25) is 4.99 Å². The van der Waals surface area contributed by atoms with E-state index in [1.807, 2.05) is 13.0 Å². The van der Waals surface area contributed by atoms with E-state index in [4.69, 9.17) is 11.6 Å². The third-order valence-corrected chi connectivity index (χ3v) is 4.82. The molecular weight excluding hydrogens is 315 g/mol. The molecule has 0 heterocycles. The highest BCUT2D eigenvalue weighted by Gasteiger charge is 2.28. The van der Waals surface area contributed by atoms with Crippen molar-refractivity contribution in [1.82, 2.24) is 5.32 Å². The molecule has 2 rings (SSSR count). The van der Waals surface area contributed by atoms with Crippen molar-refractivity contribution in [1.29, 1.82) is 0 Å². The molecule has 0 aromatic heterocycles. The minimum atomic E-state index is -0.582. The van der Waals surface area contributed by atoms with Crippen LogP contribution in [-0.4, -0.2) is 24.1 Å². The SMILES string of the molecule is C=C(NC=NCC)C(O)C1CCC(c2ccc(Cl)c(F)c2)CC1. The predicted octanol–water partition coefficient (Wildman–Crippen LogP) is 4.27. The second kappa shape index (κ2) is 8.46. The van der Waals surface area contributed by atoms with E-state index in [1.165, 1.54) is 6.07 Å². The predicted molar refractivity (Wildman–Crippen MR) is 93.4 cm³/mol. The number of benzene rings is 1. The van der Waals surface area contributed by atoms with Crippen molar-refractivity contribution in [3.05, 3.63) is 46.9 Å². The van der Waals surface area contributed by atoms with Gasteiger partial charge in [-0.1, -0.05) is 24.2 Å². The molecule has 1 unspecified atom stereocenters. The number of aliphatic imine (C=N–C) groups is 1. The van der Waals surface area contributed by atoms with E-state index in [9.17, 15) is 9.50 Å². The summed E-state index contributed by atoms with van der Waals surface area (Å²) < 4.78 is 13.6. The third kappa shape index (κ3) is 4.79. The zero-order valence-electron chi connectivity index (χ0n) is 13.4. The summed E-state index contributed by atoms with van der Waals surface area (Å²) in [4.78, 5) is 4.05. The number of hydrogen-bond acceptors (Lipinski definition) is 2. The number of hydrogen-bond donors (Lipinski definition) is 2. The lowest BCUT2D eigenvalue weighted by Crippen LogP contribution is -2.31. The van der Waals surface area contributed by atoms with Crippen LogP contribution in [0.1, 0.15) is 44.1 Å². The number of halogens is 2. The van der Waals surface area contributed by atoms with E-state index < -0.39 is 6.10 Å². The monoisotopic (exact) mass is 338 g/mol. The van der Waals surface area contributed by atoms with Crippen molar-refractivity contribution in [2.24, 2.45) is 10.9 Å². The Morgan fingerprint density at radius 1 is 1.48 bits per heavy atom. The van der Waals surface area contributed by atoms with Crippen molar-refractivity contribution in [2.45, 2.75) is 44.6 Å². The quantitative estimate of drug-likeness (QED) is 0.601. The number of aliphatic hydroxyl groups excluding tert-OH is 1. The average Bonchev–Trinajstić information content (AvgIpc) is 2.57. The molecule has 0 saturated heterocycles. The lowest BCUT2D eigenvalue weighted by atomic mass is 9.76. The van der Waals surface area contributed by atoms with Crippen LogP contribution in [0.3, 0.4) is 0 Å². The van der Waals surface area contributed by atoms with Gasteiger partial charge in [-0.15, -0.1) is 0 Å². The van der Waals surface area contributed by atoms with Crippen molar-refractivity contribution in [2.75, 3.05) is 6.54 Å². The van der Waals surface area contributed by atoms with Gasteiger partial charge in [0.1, 0.15) is 5.82 Å². The molecule has 0 amide bonds. The topological polar surface area (TPSA) is 44.6 Å². The van der Waals surface area contributed by atoms with Crippen molar-refractivity contribution in [3.63, 3.8) is 0 Å². The van der Waals surface area contributed by atoms with E-state index in [-0.39, 0.29) is 16.8 Å². The van der Waals surface area contributed by atoms with Crippen molar-refractivity contribution in [3.8, 4) is 0 Å². The number of rotatable bonds is 6. The van der Waals surface area contributed by atoms with Gasteiger partial charge in [-0.2, -0.15) is 0 Å². The van der Waals surface area contributed by atoms with E-state index in [2.05, 4.69) is 16.9 Å². The van der Waals surface area contributed by atoms with Crippen molar-refractivity contribution >= 4 is 17.9 Å². The molecule has 0 spiro atoms. The van der Waals surface area contributed by atoms with Crippen LogP contribution < -0.4 is 5.32 Å². The number of nitrogens with one attached hydrogen (secondary N) is 1. The molecule has 2 N–H and O–H groups in total. The molecule has 1 atom stereocenters. The van der Waals surface area contributed by atoms with Gasteiger partial charge in [-0.25, -0.2) is 4.39 Å². The fraction of sp³-hybridized carbons (Fsp3) is 0.500. The summed E-state index contributed by atoms with van der Waals surface area (Å²) in [7, 11) is 0. The Balaban J connectivity index is 1.88. The Bertz CT molecular complexity index is 568. The van der Waals surface area contributed by atoms with Crippen LogP contribution in [0.15, 0.2) is 35.5 Å². The largest absolute Gasteiger partial charge is 0.387 e. The standard InChI is InChI=1S/C18H24ClFN2O/c1-3-21-11-22-12(2)18(23)14-6-4-13(5-7-14)15-8-9-16(19)17(20)10-15/h8-11,13-14,18,23H,2-7H2,1H3,(H,21,22). The van der Waals surface area contributed by atoms with Crippen LogP contribution in [0.5, 0.6) is 0 Å². The molecule has 0 bridgehead atoms. The Kier molecular flexibility index (Phi) is 6.60. The molecule has 3 nitrogen and oxygen atoms in total. The molecule has 1 aliphatic rings. The van der Waals surface area contributed by atoms with E-state index in [1.54, 1.807) is 12.4 Å². The maximum Gasteiger partial charge on any atom is 0.142 e. The lowest BCUT2D eigenvalue weighted by Gasteiger charge is -2.32. The summed E-state index contributed by atoms with van der Waals surface area (Å²) >= 11 is 5.74. The highest BCUT2D eigenvalue weighted by Crippen LogP contribution is 2.38. The highest BCUT2D eigenvalue weighted by atomic mass is 35.5. The normalized spacial score (nSPS) is 23.0. The van der Waals surface area contributed by atoms with Gasteiger partial charge in [0, 0.05) is 12.2 Å². The molecule has 23 heavy (non-hydrogen) atoms. The van der Waals surface area contributed by atoms with Crippen LogP contribution in [0.2, 0.25) is 5.02 Å². The molecule has 0 radical (unpaired) electrons. The zero-order chi connectivity index (χ0) is 16.8. The zero-order valence-corrected chi connectivity index (χ0v) is 14.2. The van der Waals surface area contributed by atoms with E-state index in [0.29, 0.717) is 18.2 Å². The molecule has 0 aliphatic heterocycles. The summed E-state index contributed by atoms with van der Waals surface area (Å²) in [5, 5.41) is 13.5. The van der Waals surface area contributed by atoms with Gasteiger partial charge < -0.3 is 10.4 Å². The molecule has 1 aliphatic carbocycles. The lowest BCUT2D eigenvalue weighted by molar-refractivity contribution is 0.107. The van der Waals surface area contributed by atoms with E-state index in [0.717, 1.165) is 31.2 Å². The maximum absolute atomic E-state index is 13.6. The van der Waals surface area contributed by atoms with Crippen LogP contribution in [0, 0.1) is 11.7 Å². The number of aliphatic hydroxyl groups is 1. The smallest absolute Gasteiger partial charge is 0.142 e. The average molecular weight is 339 g/mol. The first kappa shape index (κ1) is 18.0. The van der Waals surface area contributed by atoms with Gasteiger partial charge in [0.25, 0.3) is 0 Å². The molecule has 5 heteroatoms. The van der Waals surface area contributed by atoms with Gasteiger partial charge >= 0.3 is 0 Å². The molecule has 126 valence electrons. The molecule has 1 saturated carbocycles. The number of nitrogens with zero attached hydrogens (tertiary/aromatic N) is 1. The molecule has 1 aromatic rings. The Morgan fingerprint density at radius 3 is 2.78 bits per heavy atom. The first-order valence-electron chi connectivity index (χ1n) is 8.09. The van der Waals surface area contributed by atoms with Gasteiger partial charge in [0.2, 0.25) is 0 Å². The molecule has 1 fully saturated rings. The Morgan fingerprint density at radius 2 is 2.17 bits per heavy atom. The highest BCUT2D eigenvalue weighted by molar-refractivity contribution is 6.30. The first-order chi connectivity index (χ1) is 11.0. The summed E-state index contributed by atoms with van der Waals surface area (Å²) in [6.07, 6.45) is 4.64. The second-order valence-electron chi connectivity index (χ2n) is 6.03. The summed E-state index contributed by atoms with van der Waals surface area (Å²) in [5.41, 5.74) is 1.58. The maximum atomic E-state index is 13.6. The minimum absolute atomic E-state index is 0.161. The Labute approximate surface area is 142 Å². The third-order valence-electron chi connectivity index (χ3n) is 4.51.